The summed E-state index contributed by atoms with van der Waals surface area (Å²) in [5, 5.41) is 2.75. The maximum absolute atomic E-state index is 12.5. The van der Waals surface area contributed by atoms with Gasteiger partial charge in [-0.1, -0.05) is 6.07 Å². The summed E-state index contributed by atoms with van der Waals surface area (Å²) >= 11 is 0. The van der Waals surface area contributed by atoms with Crippen molar-refractivity contribution in [3.63, 3.8) is 0 Å². The van der Waals surface area contributed by atoms with Gasteiger partial charge in [0.15, 0.2) is 0 Å². The summed E-state index contributed by atoms with van der Waals surface area (Å²) in [6, 6.07) is 7.49. The zero-order valence-corrected chi connectivity index (χ0v) is 16.3. The van der Waals surface area contributed by atoms with E-state index in [9.17, 15) is 14.4 Å². The van der Waals surface area contributed by atoms with Crippen LogP contribution in [0.4, 0.5) is 5.82 Å². The zero-order chi connectivity index (χ0) is 20.5. The van der Waals surface area contributed by atoms with E-state index in [4.69, 9.17) is 0 Å². The Morgan fingerprint density at radius 3 is 2.45 bits per heavy atom. The molecule has 29 heavy (non-hydrogen) atoms. The first-order valence-electron chi connectivity index (χ1n) is 9.43. The molecule has 2 aromatic heterocycles. The number of carbonyl (C=O) groups is 3. The summed E-state index contributed by atoms with van der Waals surface area (Å²) in [6.45, 7) is 2.48. The lowest BCUT2D eigenvalue weighted by atomic mass is 10.0. The first kappa shape index (κ1) is 18.8. The fourth-order valence-corrected chi connectivity index (χ4v) is 3.58. The molecule has 0 bridgehead atoms. The molecular weight excluding hydrogens is 370 g/mol. The average molecular weight is 391 g/mol. The van der Waals surface area contributed by atoms with Crippen molar-refractivity contribution in [2.24, 2.45) is 0 Å². The van der Waals surface area contributed by atoms with Gasteiger partial charge in [0.25, 0.3) is 11.8 Å². The Morgan fingerprint density at radius 1 is 1.07 bits per heavy atom. The molecule has 0 saturated heterocycles. The summed E-state index contributed by atoms with van der Waals surface area (Å²) < 4.78 is 0. The Bertz CT molecular complexity index is 1010. The molecule has 0 unspecified atom stereocenters. The summed E-state index contributed by atoms with van der Waals surface area (Å²) in [5.74, 6) is -0.466. The van der Waals surface area contributed by atoms with Crippen molar-refractivity contribution < 1.29 is 14.4 Å². The first-order chi connectivity index (χ1) is 13.9. The molecule has 0 atom stereocenters. The van der Waals surface area contributed by atoms with Gasteiger partial charge in [-0.2, -0.15) is 0 Å². The lowest BCUT2D eigenvalue weighted by Crippen LogP contribution is -2.38. The SMILES string of the molecule is Cc1ccc(-c2ccc(NC(=O)CN3CCCC4=C3C(=O)N(C)C4=O)nc2)cn1. The van der Waals surface area contributed by atoms with Crippen LogP contribution >= 0.6 is 0 Å². The van der Waals surface area contributed by atoms with Crippen LogP contribution in [0.3, 0.4) is 0 Å². The highest BCUT2D eigenvalue weighted by atomic mass is 16.2. The van der Waals surface area contributed by atoms with Crippen LogP contribution in [-0.2, 0) is 14.4 Å². The maximum atomic E-state index is 12.5. The fourth-order valence-electron chi connectivity index (χ4n) is 3.58. The number of rotatable bonds is 4. The Hall–Kier alpha value is -3.55. The van der Waals surface area contributed by atoms with Crippen LogP contribution in [0.1, 0.15) is 18.5 Å². The normalized spacial score (nSPS) is 16.3. The van der Waals surface area contributed by atoms with Gasteiger partial charge in [-0.15, -0.1) is 0 Å². The van der Waals surface area contributed by atoms with E-state index in [1.165, 1.54) is 7.05 Å². The van der Waals surface area contributed by atoms with Gasteiger partial charge in [-0.3, -0.25) is 24.3 Å². The summed E-state index contributed by atoms with van der Waals surface area (Å²) in [4.78, 5) is 48.4. The average Bonchev–Trinajstić information content (AvgIpc) is 2.94. The molecule has 3 amide bonds. The molecule has 0 aromatic carbocycles. The van der Waals surface area contributed by atoms with Crippen molar-refractivity contribution in [2.45, 2.75) is 19.8 Å². The van der Waals surface area contributed by atoms with Crippen molar-refractivity contribution in [3.8, 4) is 11.1 Å². The molecule has 0 saturated carbocycles. The number of aryl methyl sites for hydroxylation is 1. The van der Waals surface area contributed by atoms with Gasteiger partial charge in [-0.05, 0) is 38.0 Å². The van der Waals surface area contributed by atoms with E-state index in [0.717, 1.165) is 28.1 Å². The number of nitrogens with one attached hydrogen (secondary N) is 1. The quantitative estimate of drug-likeness (QED) is 0.798. The number of pyridine rings is 2. The van der Waals surface area contributed by atoms with Crippen LogP contribution in [0.5, 0.6) is 0 Å². The molecule has 0 fully saturated rings. The molecule has 0 radical (unpaired) electrons. The topological polar surface area (TPSA) is 95.5 Å². The van der Waals surface area contributed by atoms with Crippen molar-refractivity contribution in [1.29, 1.82) is 0 Å². The van der Waals surface area contributed by atoms with E-state index in [0.29, 0.717) is 30.1 Å². The van der Waals surface area contributed by atoms with Crippen molar-refractivity contribution in [2.75, 3.05) is 25.5 Å². The lowest BCUT2D eigenvalue weighted by molar-refractivity contribution is -0.136. The smallest absolute Gasteiger partial charge is 0.277 e. The largest absolute Gasteiger partial charge is 0.357 e. The minimum atomic E-state index is -0.341. The lowest BCUT2D eigenvalue weighted by Gasteiger charge is -2.28. The van der Waals surface area contributed by atoms with Crippen molar-refractivity contribution >= 4 is 23.5 Å². The van der Waals surface area contributed by atoms with Crippen LogP contribution in [0.2, 0.25) is 0 Å². The molecule has 2 aromatic rings. The third-order valence-corrected chi connectivity index (χ3v) is 5.14. The van der Waals surface area contributed by atoms with Crippen molar-refractivity contribution in [1.82, 2.24) is 19.8 Å². The molecule has 4 heterocycles. The second-order valence-corrected chi connectivity index (χ2v) is 7.19. The van der Waals surface area contributed by atoms with Gasteiger partial charge < -0.3 is 10.2 Å². The molecule has 4 rings (SSSR count). The number of amides is 3. The third-order valence-electron chi connectivity index (χ3n) is 5.14. The second-order valence-electron chi connectivity index (χ2n) is 7.19. The highest BCUT2D eigenvalue weighted by Crippen LogP contribution is 2.30. The molecule has 1 N–H and O–H groups in total. The molecule has 8 heteroatoms. The van der Waals surface area contributed by atoms with Crippen LogP contribution in [0, 0.1) is 6.92 Å². The fraction of sp³-hybridized carbons (Fsp3) is 0.286. The standard InChI is InChI=1S/C21H21N5O3/c1-13-5-6-14(10-22-13)15-7-8-17(23-11-15)24-18(27)12-26-9-3-4-16-19(26)21(29)25(2)20(16)28/h5-8,10-11H,3-4,9,12H2,1-2H3,(H,23,24,27). The predicted molar refractivity (Wildman–Crippen MR) is 106 cm³/mol. The van der Waals surface area contributed by atoms with Crippen LogP contribution in [-0.4, -0.2) is 57.6 Å². The van der Waals surface area contributed by atoms with Crippen LogP contribution in [0.15, 0.2) is 47.9 Å². The monoisotopic (exact) mass is 391 g/mol. The van der Waals surface area contributed by atoms with Gasteiger partial charge >= 0.3 is 0 Å². The number of anilines is 1. The highest BCUT2D eigenvalue weighted by molar-refractivity contribution is 6.19. The predicted octanol–water partition coefficient (Wildman–Crippen LogP) is 1.74. The number of likely N-dealkylation sites (N-methyl/N-ethyl adjacent to an activating group) is 1. The van der Waals surface area contributed by atoms with Crippen LogP contribution < -0.4 is 5.32 Å². The third kappa shape index (κ3) is 3.61. The molecule has 0 spiro atoms. The first-order valence-corrected chi connectivity index (χ1v) is 9.43. The molecule has 8 nitrogen and oxygen atoms in total. The Balaban J connectivity index is 1.43. The van der Waals surface area contributed by atoms with E-state index in [1.54, 1.807) is 23.4 Å². The number of hydrogen-bond donors (Lipinski definition) is 1. The zero-order valence-electron chi connectivity index (χ0n) is 16.3. The van der Waals surface area contributed by atoms with E-state index in [-0.39, 0.29) is 24.3 Å². The van der Waals surface area contributed by atoms with Gasteiger partial charge in [0.05, 0.1) is 6.54 Å². The van der Waals surface area contributed by atoms with Crippen molar-refractivity contribution in [3.05, 3.63) is 53.6 Å². The van der Waals surface area contributed by atoms with Gasteiger partial charge in [0, 0.05) is 48.4 Å². The maximum Gasteiger partial charge on any atom is 0.277 e. The number of hydrogen-bond acceptors (Lipinski definition) is 6. The van der Waals surface area contributed by atoms with Gasteiger partial charge in [-0.25, -0.2) is 4.98 Å². The van der Waals surface area contributed by atoms with E-state index in [2.05, 4.69) is 15.3 Å². The van der Waals surface area contributed by atoms with Gasteiger partial charge in [0.2, 0.25) is 5.91 Å². The molecule has 0 aliphatic carbocycles. The molecule has 148 valence electrons. The summed E-state index contributed by atoms with van der Waals surface area (Å²) in [7, 11) is 1.47. The number of nitrogens with zero attached hydrogens (tertiary/aromatic N) is 4. The summed E-state index contributed by atoms with van der Waals surface area (Å²) in [6.07, 6.45) is 4.76. The molecular formula is C21H21N5O3. The van der Waals surface area contributed by atoms with E-state index >= 15 is 0 Å². The highest BCUT2D eigenvalue weighted by Gasteiger charge is 2.40. The Labute approximate surface area is 168 Å². The molecule has 2 aliphatic rings. The van der Waals surface area contributed by atoms with E-state index in [1.807, 2.05) is 25.1 Å². The second kappa shape index (κ2) is 7.46. The Morgan fingerprint density at radius 2 is 1.79 bits per heavy atom. The minimum Gasteiger partial charge on any atom is -0.357 e. The van der Waals surface area contributed by atoms with Gasteiger partial charge in [0.1, 0.15) is 11.5 Å². The number of imide groups is 1. The minimum absolute atomic E-state index is 0.00297. The van der Waals surface area contributed by atoms with E-state index < -0.39 is 0 Å². The van der Waals surface area contributed by atoms with Crippen LogP contribution in [0.25, 0.3) is 11.1 Å². The Kier molecular flexibility index (Phi) is 4.84. The summed E-state index contributed by atoms with van der Waals surface area (Å²) in [5.41, 5.74) is 3.65. The molecule has 2 aliphatic heterocycles. The number of carbonyl (C=O) groups excluding carboxylic acids is 3. The number of aromatic nitrogens is 2.